The number of benzene rings is 8. The van der Waals surface area contributed by atoms with E-state index in [0.717, 1.165) is 88.8 Å². The average Bonchev–Trinajstić information content (AvgIpc) is 3.90. The van der Waals surface area contributed by atoms with Crippen LogP contribution >= 0.6 is 0 Å². The summed E-state index contributed by atoms with van der Waals surface area (Å²) >= 11 is 0. The van der Waals surface area contributed by atoms with Crippen LogP contribution in [-0.4, -0.2) is 18.9 Å². The van der Waals surface area contributed by atoms with Gasteiger partial charge in [0, 0.05) is 26.9 Å². The second-order valence-corrected chi connectivity index (χ2v) is 13.8. The van der Waals surface area contributed by atoms with Gasteiger partial charge in [0.25, 0.3) is 0 Å². The van der Waals surface area contributed by atoms with Gasteiger partial charge in [-0.2, -0.15) is 0 Å². The van der Waals surface area contributed by atoms with Crippen LogP contribution in [0.3, 0.4) is 0 Å². The highest BCUT2D eigenvalue weighted by molar-refractivity contribution is 6.22. The molecule has 0 radical (unpaired) electrons. The second kappa shape index (κ2) is 10.6. The molecule has 0 atom stereocenters. The molecular weight excluding hydrogens is 649 g/mol. The van der Waals surface area contributed by atoms with Gasteiger partial charge < -0.3 is 4.42 Å². The minimum absolute atomic E-state index is 0.821. The molecular formula is C48H28N4O. The van der Waals surface area contributed by atoms with Crippen molar-refractivity contribution in [2.45, 2.75) is 0 Å². The number of fused-ring (bicyclic) bond motifs is 13. The van der Waals surface area contributed by atoms with Crippen LogP contribution in [0.25, 0.3) is 110 Å². The Morgan fingerprint density at radius 2 is 1.04 bits per heavy atom. The summed E-state index contributed by atoms with van der Waals surface area (Å²) in [5.74, 6) is 0.821. The Morgan fingerprint density at radius 3 is 1.91 bits per heavy atom. The lowest BCUT2D eigenvalue weighted by Crippen LogP contribution is -2.06. The number of aromatic nitrogens is 4. The normalized spacial score (nSPS) is 12.2. The lowest BCUT2D eigenvalue weighted by Gasteiger charge is -2.13. The first-order valence-electron chi connectivity index (χ1n) is 17.9. The zero-order valence-corrected chi connectivity index (χ0v) is 28.4. The Balaban J connectivity index is 1.07. The third kappa shape index (κ3) is 4.07. The first-order chi connectivity index (χ1) is 26.3. The molecule has 0 saturated carbocycles. The number of nitrogens with zero attached hydrogens (tertiary/aromatic N) is 4. The van der Waals surface area contributed by atoms with Gasteiger partial charge in [-0.1, -0.05) is 109 Å². The van der Waals surface area contributed by atoms with Gasteiger partial charge in [0.2, 0.25) is 5.95 Å². The fourth-order valence-corrected chi connectivity index (χ4v) is 8.42. The van der Waals surface area contributed by atoms with Crippen LogP contribution in [0.2, 0.25) is 0 Å². The van der Waals surface area contributed by atoms with Gasteiger partial charge in [-0.05, 0) is 93.7 Å². The summed E-state index contributed by atoms with van der Waals surface area (Å²) in [5.41, 5.74) is 12.4. The smallest absolute Gasteiger partial charge is 0.221 e. The first-order valence-corrected chi connectivity index (χ1v) is 17.9. The van der Waals surface area contributed by atoms with Crippen molar-refractivity contribution in [1.82, 2.24) is 18.9 Å². The van der Waals surface area contributed by atoms with E-state index in [0.29, 0.717) is 0 Å². The van der Waals surface area contributed by atoms with Crippen LogP contribution in [0.1, 0.15) is 0 Å². The third-order valence-corrected chi connectivity index (χ3v) is 10.9. The van der Waals surface area contributed by atoms with Crippen molar-refractivity contribution in [1.29, 1.82) is 0 Å². The maximum atomic E-state index is 6.20. The number of imidazole rings is 1. The predicted molar refractivity (Wildman–Crippen MR) is 218 cm³/mol. The number of rotatable bonds is 3. The SMILES string of the molecule is c1ccc2c(c1)ccc1c2c2cc(-c3ccc(-c4ccc5c(c4)oc4ccccc45)cc3)ccc2n1-c1nc2ccccc2c2nc3ccccc3n12. The maximum Gasteiger partial charge on any atom is 0.221 e. The number of furan rings is 1. The van der Waals surface area contributed by atoms with Crippen molar-refractivity contribution in [3.63, 3.8) is 0 Å². The summed E-state index contributed by atoms with van der Waals surface area (Å²) in [6.07, 6.45) is 0. The summed E-state index contributed by atoms with van der Waals surface area (Å²) in [4.78, 5) is 10.5. The molecule has 0 aliphatic rings. The lowest BCUT2D eigenvalue weighted by molar-refractivity contribution is 0.669. The molecule has 0 bridgehead atoms. The van der Waals surface area contributed by atoms with E-state index in [1.54, 1.807) is 0 Å². The fraction of sp³-hybridized carbons (Fsp3) is 0. The van der Waals surface area contributed by atoms with E-state index in [1.165, 1.54) is 21.5 Å². The van der Waals surface area contributed by atoms with Gasteiger partial charge in [-0.25, -0.2) is 9.97 Å². The topological polar surface area (TPSA) is 48.3 Å². The van der Waals surface area contributed by atoms with Crippen molar-refractivity contribution in [3.05, 3.63) is 170 Å². The van der Waals surface area contributed by atoms with Crippen molar-refractivity contribution >= 4 is 82.1 Å². The predicted octanol–water partition coefficient (Wildman–Crippen LogP) is 12.5. The monoisotopic (exact) mass is 676 g/mol. The summed E-state index contributed by atoms with van der Waals surface area (Å²) in [6.45, 7) is 0. The zero-order valence-electron chi connectivity index (χ0n) is 28.4. The van der Waals surface area contributed by atoms with Crippen LogP contribution in [0, 0.1) is 0 Å². The number of para-hydroxylation sites is 4. The molecule has 0 saturated heterocycles. The summed E-state index contributed by atoms with van der Waals surface area (Å²) < 4.78 is 10.7. The molecule has 0 spiro atoms. The average molecular weight is 677 g/mol. The molecule has 12 aromatic rings. The van der Waals surface area contributed by atoms with Gasteiger partial charge >= 0.3 is 0 Å². The Kier molecular flexibility index (Phi) is 5.71. The summed E-state index contributed by atoms with van der Waals surface area (Å²) in [7, 11) is 0. The molecule has 0 N–H and O–H groups in total. The van der Waals surface area contributed by atoms with E-state index in [4.69, 9.17) is 14.4 Å². The summed E-state index contributed by atoms with van der Waals surface area (Å²) in [6, 6.07) is 60.2. The van der Waals surface area contributed by atoms with Crippen LogP contribution in [0.4, 0.5) is 0 Å². The molecule has 0 amide bonds. The van der Waals surface area contributed by atoms with Gasteiger partial charge in [-0.3, -0.25) is 8.97 Å². The van der Waals surface area contributed by atoms with E-state index in [1.807, 2.05) is 24.3 Å². The van der Waals surface area contributed by atoms with E-state index in [9.17, 15) is 0 Å². The zero-order chi connectivity index (χ0) is 34.6. The van der Waals surface area contributed by atoms with E-state index < -0.39 is 0 Å². The van der Waals surface area contributed by atoms with Gasteiger partial charge in [0.05, 0.1) is 27.6 Å². The highest BCUT2D eigenvalue weighted by Gasteiger charge is 2.21. The molecule has 5 heteroatoms. The van der Waals surface area contributed by atoms with Crippen LogP contribution in [0.5, 0.6) is 0 Å². The molecule has 53 heavy (non-hydrogen) atoms. The Hall–Kier alpha value is -7.24. The molecule has 0 aliphatic heterocycles. The van der Waals surface area contributed by atoms with E-state index in [2.05, 4.69) is 155 Å². The second-order valence-electron chi connectivity index (χ2n) is 13.8. The summed E-state index contributed by atoms with van der Waals surface area (Å²) in [5, 5.41) is 8.14. The maximum absolute atomic E-state index is 6.20. The minimum Gasteiger partial charge on any atom is -0.456 e. The van der Waals surface area contributed by atoms with Crippen molar-refractivity contribution < 1.29 is 4.42 Å². The molecule has 12 rings (SSSR count). The minimum atomic E-state index is 0.821. The van der Waals surface area contributed by atoms with Crippen molar-refractivity contribution in [3.8, 4) is 28.2 Å². The quantitative estimate of drug-likeness (QED) is 0.187. The lowest BCUT2D eigenvalue weighted by atomic mass is 9.97. The molecule has 246 valence electrons. The number of hydrogen-bond acceptors (Lipinski definition) is 3. The largest absolute Gasteiger partial charge is 0.456 e. The van der Waals surface area contributed by atoms with Crippen molar-refractivity contribution in [2.24, 2.45) is 0 Å². The number of hydrogen-bond donors (Lipinski definition) is 0. The highest BCUT2D eigenvalue weighted by Crippen LogP contribution is 2.40. The standard InChI is InChI=1S/C48H28N4O/c1-2-10-34-31(9-1)22-26-43-46(34)38-27-32(29-17-19-30(20-18-29)33-21-24-36-35-11-4-8-16-44(35)53-45(36)28-33)23-25-41(38)51(43)48-50-39-13-5-3-12-37(39)47-49-40-14-6-7-15-42(40)52(47)48/h1-28H. The molecule has 5 nitrogen and oxygen atoms in total. The van der Waals surface area contributed by atoms with Crippen molar-refractivity contribution in [2.75, 3.05) is 0 Å². The third-order valence-electron chi connectivity index (χ3n) is 10.9. The highest BCUT2D eigenvalue weighted by atomic mass is 16.3. The molecule has 4 aromatic heterocycles. The Morgan fingerprint density at radius 1 is 0.396 bits per heavy atom. The molecule has 0 aliphatic carbocycles. The Labute approximate surface area is 302 Å². The van der Waals surface area contributed by atoms with E-state index >= 15 is 0 Å². The molecule has 0 unspecified atom stereocenters. The first kappa shape index (κ1) is 28.5. The fourth-order valence-electron chi connectivity index (χ4n) is 8.42. The van der Waals surface area contributed by atoms with Crippen LogP contribution in [0.15, 0.2) is 174 Å². The van der Waals surface area contributed by atoms with Crippen LogP contribution in [-0.2, 0) is 0 Å². The Bertz CT molecular complexity index is 3460. The van der Waals surface area contributed by atoms with E-state index in [-0.39, 0.29) is 0 Å². The van der Waals surface area contributed by atoms with Gasteiger partial charge in [-0.15, -0.1) is 0 Å². The molecule has 0 fully saturated rings. The van der Waals surface area contributed by atoms with Crippen LogP contribution < -0.4 is 0 Å². The molecule has 4 heterocycles. The molecule has 8 aromatic carbocycles. The van der Waals surface area contributed by atoms with Gasteiger partial charge in [0.1, 0.15) is 16.8 Å². The van der Waals surface area contributed by atoms with Gasteiger partial charge in [0.15, 0.2) is 0 Å².